The minimum absolute atomic E-state index is 0.0956. The van der Waals surface area contributed by atoms with Gasteiger partial charge in [-0.3, -0.25) is 9.69 Å². The first-order chi connectivity index (χ1) is 11.2. The third-order valence-corrected chi connectivity index (χ3v) is 5.86. The van der Waals surface area contributed by atoms with Crippen molar-refractivity contribution in [2.75, 3.05) is 19.6 Å². The van der Waals surface area contributed by atoms with E-state index in [1.165, 1.54) is 32.2 Å². The van der Waals surface area contributed by atoms with Gasteiger partial charge in [0.2, 0.25) is 5.91 Å². The van der Waals surface area contributed by atoms with Gasteiger partial charge < -0.3 is 10.6 Å². The standard InChI is InChI=1S/C19H27N3O/c20-18(14-5-2-1-3-6-14)19(23)21-12-10-17-15(13-21)7-4-11-22(17)16-8-9-16/h1-3,5-6,15-18H,4,7-13,20H2. The Morgan fingerprint density at radius 2 is 1.87 bits per heavy atom. The van der Waals surface area contributed by atoms with Crippen LogP contribution in [0.2, 0.25) is 0 Å². The molecular formula is C19H27N3O. The van der Waals surface area contributed by atoms with Crippen LogP contribution >= 0.6 is 0 Å². The van der Waals surface area contributed by atoms with Crippen molar-refractivity contribution in [2.45, 2.75) is 50.2 Å². The highest BCUT2D eigenvalue weighted by atomic mass is 16.2. The van der Waals surface area contributed by atoms with Crippen LogP contribution in [0.4, 0.5) is 0 Å². The summed E-state index contributed by atoms with van der Waals surface area (Å²) in [6.45, 7) is 3.03. The molecule has 2 saturated heterocycles. The Morgan fingerprint density at radius 1 is 1.09 bits per heavy atom. The molecule has 0 spiro atoms. The zero-order valence-corrected chi connectivity index (χ0v) is 13.7. The van der Waals surface area contributed by atoms with Gasteiger partial charge in [-0.2, -0.15) is 0 Å². The van der Waals surface area contributed by atoms with Gasteiger partial charge >= 0.3 is 0 Å². The molecule has 124 valence electrons. The van der Waals surface area contributed by atoms with Gasteiger partial charge in [0.05, 0.1) is 0 Å². The summed E-state index contributed by atoms with van der Waals surface area (Å²) in [5.74, 6) is 0.739. The zero-order chi connectivity index (χ0) is 15.8. The normalized spacial score (nSPS) is 29.9. The van der Waals surface area contributed by atoms with E-state index in [-0.39, 0.29) is 5.91 Å². The first-order valence-electron chi connectivity index (χ1n) is 9.09. The maximum absolute atomic E-state index is 12.8. The fourth-order valence-corrected chi connectivity index (χ4v) is 4.50. The molecule has 1 aliphatic carbocycles. The number of piperidine rings is 2. The molecule has 4 rings (SSSR count). The van der Waals surface area contributed by atoms with Crippen molar-refractivity contribution >= 4 is 5.91 Å². The molecule has 1 amide bonds. The average Bonchev–Trinajstić information content (AvgIpc) is 3.45. The van der Waals surface area contributed by atoms with E-state index in [4.69, 9.17) is 5.73 Å². The van der Waals surface area contributed by atoms with Crippen LogP contribution in [0, 0.1) is 5.92 Å². The van der Waals surface area contributed by atoms with Crippen LogP contribution in [0.15, 0.2) is 30.3 Å². The molecule has 3 fully saturated rings. The fraction of sp³-hybridized carbons (Fsp3) is 0.632. The number of hydrogen-bond donors (Lipinski definition) is 1. The molecule has 3 unspecified atom stereocenters. The minimum atomic E-state index is -0.518. The van der Waals surface area contributed by atoms with E-state index >= 15 is 0 Å². The SMILES string of the molecule is NC(C(=O)N1CCC2C(CCCN2C2CC2)C1)c1ccccc1. The molecule has 3 aliphatic rings. The van der Waals surface area contributed by atoms with Crippen LogP contribution in [0.25, 0.3) is 0 Å². The molecule has 0 bridgehead atoms. The number of rotatable bonds is 3. The monoisotopic (exact) mass is 313 g/mol. The van der Waals surface area contributed by atoms with Gasteiger partial charge in [0, 0.05) is 25.2 Å². The van der Waals surface area contributed by atoms with E-state index in [1.54, 1.807) is 0 Å². The van der Waals surface area contributed by atoms with Crippen LogP contribution in [-0.4, -0.2) is 47.4 Å². The number of carbonyl (C=O) groups is 1. The van der Waals surface area contributed by atoms with E-state index in [2.05, 4.69) is 4.90 Å². The molecule has 1 aromatic rings. The highest BCUT2D eigenvalue weighted by Crippen LogP contribution is 2.38. The van der Waals surface area contributed by atoms with Crippen molar-refractivity contribution in [1.82, 2.24) is 9.80 Å². The second-order valence-corrected chi connectivity index (χ2v) is 7.40. The molecule has 0 radical (unpaired) electrons. The lowest BCUT2D eigenvalue weighted by molar-refractivity contribution is -0.136. The Kier molecular flexibility index (Phi) is 4.12. The van der Waals surface area contributed by atoms with Crippen molar-refractivity contribution < 1.29 is 4.79 Å². The molecular weight excluding hydrogens is 286 g/mol. The number of fused-ring (bicyclic) bond motifs is 1. The zero-order valence-electron chi connectivity index (χ0n) is 13.7. The van der Waals surface area contributed by atoms with Gasteiger partial charge in [0.25, 0.3) is 0 Å². The second-order valence-electron chi connectivity index (χ2n) is 7.40. The molecule has 4 nitrogen and oxygen atoms in total. The number of nitrogens with zero attached hydrogens (tertiary/aromatic N) is 2. The highest BCUT2D eigenvalue weighted by Gasteiger charge is 2.43. The Morgan fingerprint density at radius 3 is 2.61 bits per heavy atom. The molecule has 23 heavy (non-hydrogen) atoms. The van der Waals surface area contributed by atoms with Crippen LogP contribution in [0.5, 0.6) is 0 Å². The Labute approximate surface area is 138 Å². The van der Waals surface area contributed by atoms with E-state index in [0.717, 1.165) is 31.1 Å². The Balaban J connectivity index is 1.42. The third kappa shape index (κ3) is 3.02. The van der Waals surface area contributed by atoms with E-state index < -0.39 is 6.04 Å². The van der Waals surface area contributed by atoms with Gasteiger partial charge in [-0.1, -0.05) is 30.3 Å². The average molecular weight is 313 g/mol. The molecule has 1 aromatic carbocycles. The Bertz CT molecular complexity index is 557. The van der Waals surface area contributed by atoms with E-state index in [9.17, 15) is 4.79 Å². The number of carbonyl (C=O) groups excluding carboxylic acids is 1. The predicted molar refractivity (Wildman–Crippen MR) is 90.8 cm³/mol. The maximum Gasteiger partial charge on any atom is 0.244 e. The number of hydrogen-bond acceptors (Lipinski definition) is 3. The first kappa shape index (κ1) is 15.2. The van der Waals surface area contributed by atoms with Crippen molar-refractivity contribution in [2.24, 2.45) is 11.7 Å². The first-order valence-corrected chi connectivity index (χ1v) is 9.09. The van der Waals surface area contributed by atoms with Gasteiger partial charge in [0.1, 0.15) is 6.04 Å². The topological polar surface area (TPSA) is 49.6 Å². The molecule has 2 aliphatic heterocycles. The van der Waals surface area contributed by atoms with Crippen LogP contribution < -0.4 is 5.73 Å². The molecule has 2 heterocycles. The lowest BCUT2D eigenvalue weighted by Gasteiger charge is -2.48. The number of amides is 1. The van der Waals surface area contributed by atoms with Crippen molar-refractivity contribution in [3.8, 4) is 0 Å². The summed E-state index contributed by atoms with van der Waals surface area (Å²) in [7, 11) is 0. The van der Waals surface area contributed by atoms with E-state index in [1.807, 2.05) is 35.2 Å². The highest BCUT2D eigenvalue weighted by molar-refractivity contribution is 5.83. The van der Waals surface area contributed by atoms with Gasteiger partial charge in [-0.05, 0) is 50.1 Å². The molecule has 0 aromatic heterocycles. The fourth-order valence-electron chi connectivity index (χ4n) is 4.50. The minimum Gasteiger partial charge on any atom is -0.341 e. The number of nitrogens with two attached hydrogens (primary N) is 1. The smallest absolute Gasteiger partial charge is 0.244 e. The number of likely N-dealkylation sites (tertiary alicyclic amines) is 2. The quantitative estimate of drug-likeness (QED) is 0.930. The lowest BCUT2D eigenvalue weighted by Crippen LogP contribution is -2.56. The van der Waals surface area contributed by atoms with Crippen molar-refractivity contribution in [1.29, 1.82) is 0 Å². The van der Waals surface area contributed by atoms with Crippen molar-refractivity contribution in [3.05, 3.63) is 35.9 Å². The summed E-state index contributed by atoms with van der Waals surface area (Å²) >= 11 is 0. The summed E-state index contributed by atoms with van der Waals surface area (Å²) in [6, 6.07) is 10.8. The van der Waals surface area contributed by atoms with Crippen molar-refractivity contribution in [3.63, 3.8) is 0 Å². The third-order valence-electron chi connectivity index (χ3n) is 5.86. The van der Waals surface area contributed by atoms with Crippen LogP contribution in [0.3, 0.4) is 0 Å². The number of benzene rings is 1. The molecule has 3 atom stereocenters. The molecule has 2 N–H and O–H groups in total. The summed E-state index contributed by atoms with van der Waals surface area (Å²) in [5.41, 5.74) is 7.14. The molecule has 1 saturated carbocycles. The summed E-state index contributed by atoms with van der Waals surface area (Å²) in [5, 5.41) is 0. The van der Waals surface area contributed by atoms with Gasteiger partial charge in [-0.25, -0.2) is 0 Å². The van der Waals surface area contributed by atoms with Gasteiger partial charge in [0.15, 0.2) is 0 Å². The maximum atomic E-state index is 12.8. The summed E-state index contributed by atoms with van der Waals surface area (Å²) in [4.78, 5) is 17.6. The van der Waals surface area contributed by atoms with Gasteiger partial charge in [-0.15, -0.1) is 0 Å². The van der Waals surface area contributed by atoms with E-state index in [0.29, 0.717) is 12.0 Å². The molecule has 4 heteroatoms. The second kappa shape index (κ2) is 6.25. The summed E-state index contributed by atoms with van der Waals surface area (Å²) < 4.78 is 0. The van der Waals surface area contributed by atoms with Crippen LogP contribution in [0.1, 0.15) is 43.7 Å². The predicted octanol–water partition coefficient (Wildman–Crippen LogP) is 2.16. The Hall–Kier alpha value is -1.39. The van der Waals surface area contributed by atoms with Crippen LogP contribution in [-0.2, 0) is 4.79 Å². The largest absolute Gasteiger partial charge is 0.341 e. The summed E-state index contributed by atoms with van der Waals surface area (Å²) in [6.07, 6.45) is 6.42. The lowest BCUT2D eigenvalue weighted by atomic mass is 9.83.